The van der Waals surface area contributed by atoms with E-state index in [9.17, 15) is 0 Å². The molecule has 0 saturated heterocycles. The van der Waals surface area contributed by atoms with E-state index in [2.05, 4.69) is 40.7 Å². The zero-order valence-corrected chi connectivity index (χ0v) is 9.56. The van der Waals surface area contributed by atoms with Crippen LogP contribution in [0.3, 0.4) is 0 Å². The lowest BCUT2D eigenvalue weighted by Gasteiger charge is -2.07. The normalized spacial score (nSPS) is 10.6. The Morgan fingerprint density at radius 1 is 1.38 bits per heavy atom. The minimum Gasteiger partial charge on any atom is -0.331 e. The van der Waals surface area contributed by atoms with Crippen molar-refractivity contribution in [1.82, 2.24) is 9.55 Å². The van der Waals surface area contributed by atoms with E-state index in [1.807, 2.05) is 12.5 Å². The number of hydrogen-bond donors (Lipinski definition) is 1. The maximum absolute atomic E-state index is 5.57. The number of nitrogens with two attached hydrogens (primary N) is 1. The molecule has 0 aliphatic carbocycles. The summed E-state index contributed by atoms with van der Waals surface area (Å²) in [7, 11) is 0. The average Bonchev–Trinajstić information content (AvgIpc) is 2.78. The smallest absolute Gasteiger partial charge is 0.0950 e. The van der Waals surface area contributed by atoms with Gasteiger partial charge >= 0.3 is 0 Å². The Balaban J connectivity index is 2.36. The third-order valence-corrected chi connectivity index (χ3v) is 2.71. The summed E-state index contributed by atoms with van der Waals surface area (Å²) < 4.78 is 2.14. The second kappa shape index (κ2) is 4.94. The zero-order chi connectivity index (χ0) is 11.4. The van der Waals surface area contributed by atoms with Crippen molar-refractivity contribution in [3.8, 4) is 11.3 Å². The highest BCUT2D eigenvalue weighted by Gasteiger charge is 2.04. The fraction of sp³-hybridized carbons (Fsp3) is 0.308. The van der Waals surface area contributed by atoms with Crippen molar-refractivity contribution in [2.75, 3.05) is 6.54 Å². The predicted molar refractivity (Wildman–Crippen MR) is 66.1 cm³/mol. The molecule has 0 unspecified atom stereocenters. The Labute approximate surface area is 95.9 Å². The number of rotatable bonds is 4. The van der Waals surface area contributed by atoms with E-state index < -0.39 is 0 Å². The molecule has 0 amide bonds. The molecule has 3 heteroatoms. The van der Waals surface area contributed by atoms with Crippen LogP contribution >= 0.6 is 0 Å². The molecule has 2 N–H and O–H groups in total. The second-order valence-electron chi connectivity index (χ2n) is 3.80. The lowest BCUT2D eigenvalue weighted by atomic mass is 10.1. The van der Waals surface area contributed by atoms with Gasteiger partial charge in [-0.05, 0) is 31.5 Å². The van der Waals surface area contributed by atoms with E-state index in [0.29, 0.717) is 6.54 Å². The van der Waals surface area contributed by atoms with E-state index >= 15 is 0 Å². The molecular weight excluding hydrogens is 198 g/mol. The lowest BCUT2D eigenvalue weighted by molar-refractivity contribution is 0.768. The molecule has 1 aromatic carbocycles. The van der Waals surface area contributed by atoms with Crippen molar-refractivity contribution >= 4 is 0 Å². The van der Waals surface area contributed by atoms with E-state index in [1.165, 1.54) is 16.8 Å². The van der Waals surface area contributed by atoms with Crippen molar-refractivity contribution < 1.29 is 0 Å². The molecule has 0 fully saturated rings. The summed E-state index contributed by atoms with van der Waals surface area (Å²) in [6.45, 7) is 3.75. The number of benzene rings is 1. The van der Waals surface area contributed by atoms with Gasteiger partial charge in [0.1, 0.15) is 0 Å². The Morgan fingerprint density at radius 2 is 2.25 bits per heavy atom. The van der Waals surface area contributed by atoms with Crippen molar-refractivity contribution in [2.24, 2.45) is 5.73 Å². The molecule has 0 aliphatic heterocycles. The highest BCUT2D eigenvalue weighted by atomic mass is 15.0. The number of nitrogens with zero attached hydrogens (tertiary/aromatic N) is 2. The summed E-state index contributed by atoms with van der Waals surface area (Å²) >= 11 is 0. The average molecular weight is 215 g/mol. The molecule has 16 heavy (non-hydrogen) atoms. The molecule has 1 heterocycles. The summed E-state index contributed by atoms with van der Waals surface area (Å²) in [5.74, 6) is 0. The van der Waals surface area contributed by atoms with Crippen LogP contribution in [-0.4, -0.2) is 16.1 Å². The lowest BCUT2D eigenvalue weighted by Crippen LogP contribution is -2.02. The molecule has 1 aromatic heterocycles. The van der Waals surface area contributed by atoms with Gasteiger partial charge in [-0.3, -0.25) is 0 Å². The predicted octanol–water partition coefficient (Wildman–Crippen LogP) is 2.07. The van der Waals surface area contributed by atoms with Crippen LogP contribution in [0.15, 0.2) is 36.8 Å². The molecular formula is C13H17N3. The number of imidazole rings is 1. The molecule has 2 aromatic rings. The third-order valence-electron chi connectivity index (χ3n) is 2.71. The van der Waals surface area contributed by atoms with Gasteiger partial charge in [0, 0.05) is 12.1 Å². The summed E-state index contributed by atoms with van der Waals surface area (Å²) in [5.41, 5.74) is 9.23. The molecule has 0 bridgehead atoms. The van der Waals surface area contributed by atoms with Crippen molar-refractivity contribution in [3.05, 3.63) is 42.4 Å². The topological polar surface area (TPSA) is 43.8 Å². The SMILES string of the molecule is CCn1cncc1-c1cccc(CCN)c1. The van der Waals surface area contributed by atoms with Crippen LogP contribution in [-0.2, 0) is 13.0 Å². The van der Waals surface area contributed by atoms with Crippen molar-refractivity contribution in [1.29, 1.82) is 0 Å². The van der Waals surface area contributed by atoms with Crippen LogP contribution in [0.5, 0.6) is 0 Å². The van der Waals surface area contributed by atoms with Gasteiger partial charge in [-0.25, -0.2) is 4.98 Å². The molecule has 0 saturated carbocycles. The van der Waals surface area contributed by atoms with Crippen LogP contribution in [0.25, 0.3) is 11.3 Å². The summed E-state index contributed by atoms with van der Waals surface area (Å²) in [6.07, 6.45) is 4.70. The molecule has 0 spiro atoms. The maximum atomic E-state index is 5.57. The fourth-order valence-corrected chi connectivity index (χ4v) is 1.87. The van der Waals surface area contributed by atoms with Crippen LogP contribution < -0.4 is 5.73 Å². The maximum Gasteiger partial charge on any atom is 0.0950 e. The van der Waals surface area contributed by atoms with Crippen LogP contribution in [0.1, 0.15) is 12.5 Å². The van der Waals surface area contributed by atoms with Gasteiger partial charge in [0.25, 0.3) is 0 Å². The summed E-state index contributed by atoms with van der Waals surface area (Å²) in [6, 6.07) is 8.50. The largest absolute Gasteiger partial charge is 0.331 e. The van der Waals surface area contributed by atoms with Crippen LogP contribution in [0.2, 0.25) is 0 Å². The first kappa shape index (κ1) is 10.9. The van der Waals surface area contributed by atoms with Crippen molar-refractivity contribution in [3.63, 3.8) is 0 Å². The second-order valence-corrected chi connectivity index (χ2v) is 3.80. The van der Waals surface area contributed by atoms with Crippen LogP contribution in [0.4, 0.5) is 0 Å². The highest BCUT2D eigenvalue weighted by molar-refractivity contribution is 5.59. The fourth-order valence-electron chi connectivity index (χ4n) is 1.87. The molecule has 84 valence electrons. The van der Waals surface area contributed by atoms with E-state index in [4.69, 9.17) is 5.73 Å². The molecule has 3 nitrogen and oxygen atoms in total. The molecule has 0 radical (unpaired) electrons. The minimum absolute atomic E-state index is 0.691. The number of hydrogen-bond acceptors (Lipinski definition) is 2. The van der Waals surface area contributed by atoms with Gasteiger partial charge in [-0.15, -0.1) is 0 Å². The Kier molecular flexibility index (Phi) is 3.37. The highest BCUT2D eigenvalue weighted by Crippen LogP contribution is 2.20. The zero-order valence-electron chi connectivity index (χ0n) is 9.56. The first-order chi connectivity index (χ1) is 7.85. The Morgan fingerprint density at radius 3 is 3.00 bits per heavy atom. The minimum atomic E-state index is 0.691. The van der Waals surface area contributed by atoms with E-state index in [-0.39, 0.29) is 0 Å². The Bertz CT molecular complexity index is 460. The van der Waals surface area contributed by atoms with E-state index in [0.717, 1.165) is 13.0 Å². The Hall–Kier alpha value is -1.61. The van der Waals surface area contributed by atoms with Crippen LogP contribution in [0, 0.1) is 0 Å². The van der Waals surface area contributed by atoms with Gasteiger partial charge in [0.05, 0.1) is 18.2 Å². The van der Waals surface area contributed by atoms with Gasteiger partial charge in [0.2, 0.25) is 0 Å². The first-order valence-corrected chi connectivity index (χ1v) is 5.64. The standard InChI is InChI=1S/C13H17N3/c1-2-16-10-15-9-13(16)12-5-3-4-11(8-12)6-7-14/h3-5,8-10H,2,6-7,14H2,1H3. The summed E-state index contributed by atoms with van der Waals surface area (Å²) in [4.78, 5) is 4.18. The monoisotopic (exact) mass is 215 g/mol. The molecule has 0 atom stereocenters. The third kappa shape index (κ3) is 2.14. The number of aryl methyl sites for hydroxylation is 1. The van der Waals surface area contributed by atoms with Gasteiger partial charge in [-0.2, -0.15) is 0 Å². The number of aromatic nitrogens is 2. The van der Waals surface area contributed by atoms with E-state index in [1.54, 1.807) is 0 Å². The van der Waals surface area contributed by atoms with Gasteiger partial charge in [0.15, 0.2) is 0 Å². The molecule has 2 rings (SSSR count). The van der Waals surface area contributed by atoms with Gasteiger partial charge < -0.3 is 10.3 Å². The van der Waals surface area contributed by atoms with Gasteiger partial charge in [-0.1, -0.05) is 18.2 Å². The molecule has 0 aliphatic rings. The summed E-state index contributed by atoms with van der Waals surface area (Å²) in [5, 5.41) is 0. The quantitative estimate of drug-likeness (QED) is 0.848. The first-order valence-electron chi connectivity index (χ1n) is 5.64. The van der Waals surface area contributed by atoms with Crippen molar-refractivity contribution in [2.45, 2.75) is 19.9 Å².